The minimum atomic E-state index is 0.318. The molecule has 0 saturated carbocycles. The quantitative estimate of drug-likeness (QED) is 0.912. The summed E-state index contributed by atoms with van der Waals surface area (Å²) in [6, 6.07) is 17.2. The zero-order chi connectivity index (χ0) is 15.4. The van der Waals surface area contributed by atoms with Gasteiger partial charge in [0.2, 0.25) is 0 Å². The fraction of sp³-hybridized carbons (Fsp3) is 0.350. The van der Waals surface area contributed by atoms with Gasteiger partial charge in [-0.15, -0.1) is 0 Å². The van der Waals surface area contributed by atoms with Crippen LogP contribution in [0, 0.1) is 11.3 Å². The number of aryl methyl sites for hydroxylation is 2. The summed E-state index contributed by atoms with van der Waals surface area (Å²) >= 11 is 0. The maximum Gasteiger partial charge on any atom is 0.0991 e. The SMILES string of the molecule is CC(NCc1cccc(C#N)c1)c1ccc2c(c1)CCCC2. The van der Waals surface area contributed by atoms with E-state index in [1.807, 2.05) is 18.2 Å². The topological polar surface area (TPSA) is 35.8 Å². The van der Waals surface area contributed by atoms with Gasteiger partial charge in [0.05, 0.1) is 11.6 Å². The summed E-state index contributed by atoms with van der Waals surface area (Å²) in [4.78, 5) is 0. The van der Waals surface area contributed by atoms with Crippen LogP contribution in [0.3, 0.4) is 0 Å². The van der Waals surface area contributed by atoms with E-state index in [1.54, 1.807) is 0 Å². The smallest absolute Gasteiger partial charge is 0.0991 e. The molecule has 1 unspecified atom stereocenters. The van der Waals surface area contributed by atoms with Crippen molar-refractivity contribution >= 4 is 0 Å². The maximum absolute atomic E-state index is 8.96. The molecular formula is C20H22N2. The van der Waals surface area contributed by atoms with E-state index in [4.69, 9.17) is 5.26 Å². The first-order valence-corrected chi connectivity index (χ1v) is 8.10. The van der Waals surface area contributed by atoms with Crippen molar-refractivity contribution in [2.45, 2.75) is 45.2 Å². The van der Waals surface area contributed by atoms with Gasteiger partial charge in [-0.1, -0.05) is 30.3 Å². The number of hydrogen-bond acceptors (Lipinski definition) is 2. The van der Waals surface area contributed by atoms with Gasteiger partial charge in [0.15, 0.2) is 0 Å². The van der Waals surface area contributed by atoms with Crippen LogP contribution in [0.15, 0.2) is 42.5 Å². The average molecular weight is 290 g/mol. The molecule has 0 spiro atoms. The molecule has 1 aliphatic carbocycles. The van der Waals surface area contributed by atoms with Gasteiger partial charge >= 0.3 is 0 Å². The Morgan fingerprint density at radius 1 is 1.09 bits per heavy atom. The Kier molecular flexibility index (Phi) is 4.56. The molecule has 3 rings (SSSR count). The first kappa shape index (κ1) is 14.8. The molecule has 2 aromatic carbocycles. The van der Waals surface area contributed by atoms with Crippen molar-refractivity contribution < 1.29 is 0 Å². The zero-order valence-electron chi connectivity index (χ0n) is 13.1. The molecule has 0 saturated heterocycles. The first-order valence-electron chi connectivity index (χ1n) is 8.10. The molecular weight excluding hydrogens is 268 g/mol. The fourth-order valence-electron chi connectivity index (χ4n) is 3.16. The van der Waals surface area contributed by atoms with Crippen molar-refractivity contribution in [3.8, 4) is 6.07 Å². The van der Waals surface area contributed by atoms with Gasteiger partial charge in [0, 0.05) is 12.6 Å². The van der Waals surface area contributed by atoms with Crippen molar-refractivity contribution in [3.63, 3.8) is 0 Å². The van der Waals surface area contributed by atoms with Crippen LogP contribution in [-0.4, -0.2) is 0 Å². The highest BCUT2D eigenvalue weighted by Gasteiger charge is 2.12. The Hall–Kier alpha value is -2.11. The van der Waals surface area contributed by atoms with E-state index in [0.29, 0.717) is 6.04 Å². The molecule has 0 bridgehead atoms. The van der Waals surface area contributed by atoms with E-state index in [0.717, 1.165) is 17.7 Å². The highest BCUT2D eigenvalue weighted by Crippen LogP contribution is 2.24. The Morgan fingerprint density at radius 2 is 1.91 bits per heavy atom. The molecule has 1 N–H and O–H groups in total. The predicted octanol–water partition coefficient (Wildman–Crippen LogP) is 4.29. The van der Waals surface area contributed by atoms with Crippen molar-refractivity contribution in [1.82, 2.24) is 5.32 Å². The summed E-state index contributed by atoms with van der Waals surface area (Å²) in [6.45, 7) is 2.99. The molecule has 0 aromatic heterocycles. The van der Waals surface area contributed by atoms with Gasteiger partial charge in [-0.25, -0.2) is 0 Å². The number of nitriles is 1. The van der Waals surface area contributed by atoms with Crippen LogP contribution in [0.5, 0.6) is 0 Å². The van der Waals surface area contributed by atoms with Gasteiger partial charge in [-0.3, -0.25) is 0 Å². The Bertz CT molecular complexity index is 697. The highest BCUT2D eigenvalue weighted by molar-refractivity contribution is 5.35. The number of nitrogens with one attached hydrogen (secondary N) is 1. The molecule has 2 nitrogen and oxygen atoms in total. The third kappa shape index (κ3) is 3.37. The predicted molar refractivity (Wildman–Crippen MR) is 89.5 cm³/mol. The number of rotatable bonds is 4. The second kappa shape index (κ2) is 6.77. The third-order valence-corrected chi connectivity index (χ3v) is 4.54. The molecule has 112 valence electrons. The Balaban J connectivity index is 1.66. The lowest BCUT2D eigenvalue weighted by Gasteiger charge is -2.20. The summed E-state index contributed by atoms with van der Waals surface area (Å²) in [5.41, 5.74) is 6.30. The summed E-state index contributed by atoms with van der Waals surface area (Å²) in [5, 5.41) is 12.5. The first-order chi connectivity index (χ1) is 10.8. The maximum atomic E-state index is 8.96. The van der Waals surface area contributed by atoms with Gasteiger partial charge in [0.1, 0.15) is 0 Å². The third-order valence-electron chi connectivity index (χ3n) is 4.54. The standard InChI is InChI=1S/C20H22N2/c1-15(22-14-17-6-4-5-16(11-17)13-21)19-10-9-18-7-2-3-8-20(18)12-19/h4-6,9-12,15,22H,2-3,7-8,14H2,1H3. The van der Waals surface area contributed by atoms with Gasteiger partial charge in [-0.2, -0.15) is 5.26 Å². The van der Waals surface area contributed by atoms with Crippen LogP contribution in [-0.2, 0) is 19.4 Å². The number of benzene rings is 2. The van der Waals surface area contributed by atoms with E-state index in [9.17, 15) is 0 Å². The van der Waals surface area contributed by atoms with Gasteiger partial charge in [-0.05, 0) is 67.0 Å². The molecule has 0 aliphatic heterocycles. The van der Waals surface area contributed by atoms with E-state index in [1.165, 1.54) is 42.4 Å². The van der Waals surface area contributed by atoms with Crippen LogP contribution in [0.1, 0.15) is 53.6 Å². The molecule has 1 aliphatic rings. The number of hydrogen-bond donors (Lipinski definition) is 1. The molecule has 0 fully saturated rings. The minimum absolute atomic E-state index is 0.318. The minimum Gasteiger partial charge on any atom is -0.306 e. The molecule has 1 atom stereocenters. The van der Waals surface area contributed by atoms with Crippen LogP contribution in [0.2, 0.25) is 0 Å². The van der Waals surface area contributed by atoms with Crippen molar-refractivity contribution in [3.05, 3.63) is 70.3 Å². The monoisotopic (exact) mass is 290 g/mol. The molecule has 0 amide bonds. The second-order valence-corrected chi connectivity index (χ2v) is 6.15. The lowest BCUT2D eigenvalue weighted by atomic mass is 9.89. The van der Waals surface area contributed by atoms with Crippen LogP contribution in [0.25, 0.3) is 0 Å². The lowest BCUT2D eigenvalue weighted by molar-refractivity contribution is 0.572. The normalized spacial score (nSPS) is 14.9. The lowest BCUT2D eigenvalue weighted by Crippen LogP contribution is -2.18. The fourth-order valence-corrected chi connectivity index (χ4v) is 3.16. The van der Waals surface area contributed by atoms with Crippen molar-refractivity contribution in [1.29, 1.82) is 5.26 Å². The molecule has 0 heterocycles. The number of nitrogens with zero attached hydrogens (tertiary/aromatic N) is 1. The number of fused-ring (bicyclic) bond motifs is 1. The van der Waals surface area contributed by atoms with E-state index >= 15 is 0 Å². The highest BCUT2D eigenvalue weighted by atomic mass is 14.9. The molecule has 22 heavy (non-hydrogen) atoms. The second-order valence-electron chi connectivity index (χ2n) is 6.15. The largest absolute Gasteiger partial charge is 0.306 e. The van der Waals surface area contributed by atoms with E-state index in [-0.39, 0.29) is 0 Å². The zero-order valence-corrected chi connectivity index (χ0v) is 13.1. The van der Waals surface area contributed by atoms with Crippen LogP contribution >= 0.6 is 0 Å². The van der Waals surface area contributed by atoms with Gasteiger partial charge in [0.25, 0.3) is 0 Å². The van der Waals surface area contributed by atoms with E-state index in [2.05, 4.69) is 42.6 Å². The summed E-state index contributed by atoms with van der Waals surface area (Å²) < 4.78 is 0. The van der Waals surface area contributed by atoms with E-state index < -0.39 is 0 Å². The Labute approximate surface area is 132 Å². The summed E-state index contributed by atoms with van der Waals surface area (Å²) in [6.07, 6.45) is 5.10. The van der Waals surface area contributed by atoms with Crippen LogP contribution in [0.4, 0.5) is 0 Å². The Morgan fingerprint density at radius 3 is 2.73 bits per heavy atom. The van der Waals surface area contributed by atoms with Gasteiger partial charge < -0.3 is 5.32 Å². The van der Waals surface area contributed by atoms with Crippen molar-refractivity contribution in [2.75, 3.05) is 0 Å². The van der Waals surface area contributed by atoms with Crippen LogP contribution < -0.4 is 5.32 Å². The molecule has 2 aromatic rings. The summed E-state index contributed by atoms with van der Waals surface area (Å²) in [5.74, 6) is 0. The van der Waals surface area contributed by atoms with Crippen molar-refractivity contribution in [2.24, 2.45) is 0 Å². The molecule has 2 heteroatoms. The molecule has 0 radical (unpaired) electrons. The summed E-state index contributed by atoms with van der Waals surface area (Å²) in [7, 11) is 0. The average Bonchev–Trinajstić information content (AvgIpc) is 2.59.